The molecule has 2 heteroatoms. The molecule has 2 nitrogen and oxygen atoms in total. The van der Waals surface area contributed by atoms with E-state index in [1.54, 1.807) is 0 Å². The summed E-state index contributed by atoms with van der Waals surface area (Å²) in [6.07, 6.45) is 1.24. The average molecular weight is 294 g/mol. The van der Waals surface area contributed by atoms with Gasteiger partial charge in [-0.15, -0.1) is 0 Å². The van der Waals surface area contributed by atoms with Crippen molar-refractivity contribution >= 4 is 11.5 Å². The van der Waals surface area contributed by atoms with Crippen molar-refractivity contribution in [2.75, 3.05) is 0 Å². The molecule has 22 heavy (non-hydrogen) atoms. The van der Waals surface area contributed by atoms with E-state index >= 15 is 0 Å². The Bertz CT molecular complexity index is 701. The molecule has 0 atom stereocenters. The van der Waals surface area contributed by atoms with Crippen molar-refractivity contribution in [1.29, 1.82) is 0 Å². The van der Waals surface area contributed by atoms with Gasteiger partial charge in [-0.25, -0.2) is 4.79 Å². The van der Waals surface area contributed by atoms with Crippen molar-refractivity contribution in [1.82, 2.24) is 0 Å². The number of aliphatic carboxylic acids is 1. The van der Waals surface area contributed by atoms with Gasteiger partial charge in [-0.3, -0.25) is 0 Å². The molecule has 0 unspecified atom stereocenters. The molecule has 0 aliphatic rings. The van der Waals surface area contributed by atoms with Crippen molar-refractivity contribution in [3.8, 4) is 11.1 Å². The Morgan fingerprint density at radius 3 is 2.18 bits per heavy atom. The number of hydrogen-bond donors (Lipinski definition) is 1. The maximum Gasteiger partial charge on any atom is 0.328 e. The molecule has 0 aliphatic heterocycles. The fourth-order valence-corrected chi connectivity index (χ4v) is 2.38. The number of carbonyl (C=O) groups is 1. The molecular formula is C20H22O2. The van der Waals surface area contributed by atoms with Crippen LogP contribution in [-0.4, -0.2) is 11.1 Å². The number of rotatable bonds is 3. The summed E-state index contributed by atoms with van der Waals surface area (Å²) in [7, 11) is 0. The van der Waals surface area contributed by atoms with Crippen LogP contribution in [-0.2, 0) is 10.2 Å². The van der Waals surface area contributed by atoms with E-state index in [1.165, 1.54) is 11.6 Å². The Morgan fingerprint density at radius 2 is 1.64 bits per heavy atom. The van der Waals surface area contributed by atoms with Crippen LogP contribution >= 0.6 is 0 Å². The fourth-order valence-electron chi connectivity index (χ4n) is 2.38. The molecule has 2 aromatic carbocycles. The molecule has 0 saturated heterocycles. The third-order valence-electron chi connectivity index (χ3n) is 3.74. The molecule has 0 amide bonds. The molecule has 114 valence electrons. The average Bonchev–Trinajstić information content (AvgIpc) is 2.46. The van der Waals surface area contributed by atoms with E-state index in [0.29, 0.717) is 0 Å². The van der Waals surface area contributed by atoms with Gasteiger partial charge >= 0.3 is 5.97 Å². The van der Waals surface area contributed by atoms with Gasteiger partial charge in [0.05, 0.1) is 0 Å². The fraction of sp³-hybridized carbons (Fsp3) is 0.250. The molecule has 2 rings (SSSR count). The van der Waals surface area contributed by atoms with Gasteiger partial charge in [0, 0.05) is 6.08 Å². The monoisotopic (exact) mass is 294 g/mol. The third kappa shape index (κ3) is 3.85. The van der Waals surface area contributed by atoms with Gasteiger partial charge in [-0.1, -0.05) is 63.2 Å². The SMILES string of the molecule is C/C(=C\C(=O)O)c1cccc(-c2ccc(C(C)(C)C)cc2)c1. The topological polar surface area (TPSA) is 37.3 Å². The van der Waals surface area contributed by atoms with E-state index in [4.69, 9.17) is 5.11 Å². The van der Waals surface area contributed by atoms with E-state index in [9.17, 15) is 4.79 Å². The summed E-state index contributed by atoms with van der Waals surface area (Å²) < 4.78 is 0. The van der Waals surface area contributed by atoms with Crippen molar-refractivity contribution in [2.45, 2.75) is 33.1 Å². The number of hydrogen-bond acceptors (Lipinski definition) is 1. The second-order valence-electron chi connectivity index (χ2n) is 6.57. The second kappa shape index (κ2) is 6.18. The van der Waals surface area contributed by atoms with Crippen molar-refractivity contribution < 1.29 is 9.90 Å². The highest BCUT2D eigenvalue weighted by molar-refractivity contribution is 5.90. The van der Waals surface area contributed by atoms with Gasteiger partial charge in [0.15, 0.2) is 0 Å². The predicted molar refractivity (Wildman–Crippen MR) is 91.9 cm³/mol. The zero-order valence-electron chi connectivity index (χ0n) is 13.6. The van der Waals surface area contributed by atoms with E-state index < -0.39 is 5.97 Å². The Balaban J connectivity index is 2.36. The van der Waals surface area contributed by atoms with Crippen molar-refractivity contribution in [3.05, 3.63) is 65.7 Å². The van der Waals surface area contributed by atoms with Crippen LogP contribution in [0.4, 0.5) is 0 Å². The summed E-state index contributed by atoms with van der Waals surface area (Å²) in [5.74, 6) is -0.919. The van der Waals surface area contributed by atoms with Crippen molar-refractivity contribution in [2.24, 2.45) is 0 Å². The molecule has 0 bridgehead atoms. The molecule has 1 N–H and O–H groups in total. The Kier molecular flexibility index (Phi) is 4.51. The van der Waals surface area contributed by atoms with Crippen LogP contribution in [0.3, 0.4) is 0 Å². The summed E-state index contributed by atoms with van der Waals surface area (Å²) in [6.45, 7) is 8.41. The van der Waals surface area contributed by atoms with E-state index in [0.717, 1.165) is 22.3 Å². The van der Waals surface area contributed by atoms with Crippen LogP contribution in [0.15, 0.2) is 54.6 Å². The quantitative estimate of drug-likeness (QED) is 0.796. The maximum atomic E-state index is 10.8. The zero-order valence-corrected chi connectivity index (χ0v) is 13.6. The Labute approximate surface area is 132 Å². The molecule has 0 spiro atoms. The van der Waals surface area contributed by atoms with Gasteiger partial charge in [-0.05, 0) is 46.2 Å². The highest BCUT2D eigenvalue weighted by atomic mass is 16.4. The number of carboxylic acids is 1. The van der Waals surface area contributed by atoms with Crippen LogP contribution in [0, 0.1) is 0 Å². The minimum Gasteiger partial charge on any atom is -0.478 e. The largest absolute Gasteiger partial charge is 0.478 e. The van der Waals surface area contributed by atoms with Crippen LogP contribution in [0.25, 0.3) is 16.7 Å². The lowest BCUT2D eigenvalue weighted by atomic mass is 9.86. The van der Waals surface area contributed by atoms with Gasteiger partial charge in [-0.2, -0.15) is 0 Å². The maximum absolute atomic E-state index is 10.8. The summed E-state index contributed by atoms with van der Waals surface area (Å²) in [6, 6.07) is 16.5. The molecule has 0 saturated carbocycles. The smallest absolute Gasteiger partial charge is 0.328 e. The van der Waals surface area contributed by atoms with Gasteiger partial charge in [0.1, 0.15) is 0 Å². The Morgan fingerprint density at radius 1 is 1.00 bits per heavy atom. The van der Waals surface area contributed by atoms with E-state index in [1.807, 2.05) is 31.2 Å². The van der Waals surface area contributed by atoms with Crippen LogP contribution in [0.1, 0.15) is 38.8 Å². The zero-order chi connectivity index (χ0) is 16.3. The highest BCUT2D eigenvalue weighted by Crippen LogP contribution is 2.27. The first-order chi connectivity index (χ1) is 10.3. The molecule has 0 aromatic heterocycles. The lowest BCUT2D eigenvalue weighted by Crippen LogP contribution is -2.10. The third-order valence-corrected chi connectivity index (χ3v) is 3.74. The predicted octanol–water partition coefficient (Wildman–Crippen LogP) is 5.14. The van der Waals surface area contributed by atoms with Gasteiger partial charge < -0.3 is 5.11 Å². The number of benzene rings is 2. The summed E-state index contributed by atoms with van der Waals surface area (Å²) >= 11 is 0. The summed E-state index contributed by atoms with van der Waals surface area (Å²) in [4.78, 5) is 10.8. The first-order valence-electron chi connectivity index (χ1n) is 7.40. The lowest BCUT2D eigenvalue weighted by Gasteiger charge is -2.19. The molecule has 0 radical (unpaired) electrons. The standard InChI is InChI=1S/C20H22O2/c1-14(12-19(21)22)16-6-5-7-17(13-16)15-8-10-18(11-9-15)20(2,3)4/h5-13H,1-4H3,(H,21,22)/b14-12+. The van der Waals surface area contributed by atoms with Crippen LogP contribution in [0.2, 0.25) is 0 Å². The first kappa shape index (κ1) is 16.0. The van der Waals surface area contributed by atoms with Gasteiger partial charge in [0.25, 0.3) is 0 Å². The minimum atomic E-state index is -0.919. The number of allylic oxidation sites excluding steroid dienone is 1. The first-order valence-corrected chi connectivity index (χ1v) is 7.40. The summed E-state index contributed by atoms with van der Waals surface area (Å²) in [5.41, 5.74) is 5.35. The molecule has 0 aliphatic carbocycles. The van der Waals surface area contributed by atoms with Gasteiger partial charge in [0.2, 0.25) is 0 Å². The minimum absolute atomic E-state index is 0.140. The lowest BCUT2D eigenvalue weighted by molar-refractivity contribution is -0.131. The van der Waals surface area contributed by atoms with Crippen LogP contribution in [0.5, 0.6) is 0 Å². The molecule has 0 fully saturated rings. The van der Waals surface area contributed by atoms with E-state index in [2.05, 4.69) is 45.0 Å². The second-order valence-corrected chi connectivity index (χ2v) is 6.57. The molecule has 2 aromatic rings. The molecular weight excluding hydrogens is 272 g/mol. The normalized spacial score (nSPS) is 12.3. The highest BCUT2D eigenvalue weighted by Gasteiger charge is 2.13. The molecule has 0 heterocycles. The van der Waals surface area contributed by atoms with Crippen LogP contribution < -0.4 is 0 Å². The Hall–Kier alpha value is -2.35. The number of carboxylic acid groups (broad SMARTS) is 1. The van der Waals surface area contributed by atoms with E-state index in [-0.39, 0.29) is 5.41 Å². The summed E-state index contributed by atoms with van der Waals surface area (Å²) in [5, 5.41) is 8.86. The van der Waals surface area contributed by atoms with Crippen molar-refractivity contribution in [3.63, 3.8) is 0 Å².